The molecular weight excluding hydrogens is 248 g/mol. The van der Waals surface area contributed by atoms with E-state index < -0.39 is 0 Å². The van der Waals surface area contributed by atoms with Gasteiger partial charge in [0.15, 0.2) is 0 Å². The summed E-state index contributed by atoms with van der Waals surface area (Å²) in [5, 5.41) is 15.3. The summed E-state index contributed by atoms with van der Waals surface area (Å²) >= 11 is 6.06. The zero-order valence-electron chi connectivity index (χ0n) is 9.21. The van der Waals surface area contributed by atoms with Crippen LogP contribution in [0, 0.1) is 0 Å². The second-order valence-corrected chi connectivity index (χ2v) is 4.54. The molecule has 2 aromatic carbocycles. The van der Waals surface area contributed by atoms with Gasteiger partial charge in [-0.3, -0.25) is 0 Å². The van der Waals surface area contributed by atoms with Gasteiger partial charge in [0.25, 0.3) is 0 Å². The summed E-state index contributed by atoms with van der Waals surface area (Å²) < 4.78 is 1.56. The number of aromatic nitrogens is 4. The minimum absolute atomic E-state index is 0.683. The van der Waals surface area contributed by atoms with E-state index in [4.69, 9.17) is 11.6 Å². The van der Waals surface area contributed by atoms with E-state index >= 15 is 0 Å². The summed E-state index contributed by atoms with van der Waals surface area (Å²) in [6, 6.07) is 13.5. The minimum atomic E-state index is 0.683. The third kappa shape index (κ3) is 1.23. The van der Waals surface area contributed by atoms with Gasteiger partial charge in [0, 0.05) is 15.8 Å². The molecule has 5 heteroatoms. The lowest BCUT2D eigenvalue weighted by Crippen LogP contribution is -1.97. The SMILES string of the molecule is Clc1ccc2nnn3nc4ccccc4c3c2c1. The van der Waals surface area contributed by atoms with E-state index in [9.17, 15) is 0 Å². The first-order valence-electron chi connectivity index (χ1n) is 5.53. The topological polar surface area (TPSA) is 43.1 Å². The molecule has 0 bridgehead atoms. The molecule has 2 aromatic heterocycles. The summed E-state index contributed by atoms with van der Waals surface area (Å²) in [6.07, 6.45) is 0. The van der Waals surface area contributed by atoms with Crippen LogP contribution in [-0.2, 0) is 0 Å². The fourth-order valence-electron chi connectivity index (χ4n) is 2.21. The minimum Gasteiger partial charge on any atom is -0.148 e. The van der Waals surface area contributed by atoms with E-state index in [1.165, 1.54) is 0 Å². The van der Waals surface area contributed by atoms with Gasteiger partial charge in [0.05, 0.1) is 11.0 Å². The van der Waals surface area contributed by atoms with Crippen molar-refractivity contribution < 1.29 is 0 Å². The van der Waals surface area contributed by atoms with Gasteiger partial charge < -0.3 is 0 Å². The van der Waals surface area contributed by atoms with Crippen LogP contribution in [0.2, 0.25) is 5.02 Å². The van der Waals surface area contributed by atoms with Crippen molar-refractivity contribution in [1.82, 2.24) is 20.0 Å². The fourth-order valence-corrected chi connectivity index (χ4v) is 2.39. The quantitative estimate of drug-likeness (QED) is 0.484. The summed E-state index contributed by atoms with van der Waals surface area (Å²) in [7, 11) is 0. The van der Waals surface area contributed by atoms with Gasteiger partial charge in [-0.15, -0.1) is 14.8 Å². The monoisotopic (exact) mass is 254 g/mol. The average molecular weight is 255 g/mol. The Morgan fingerprint density at radius 2 is 1.83 bits per heavy atom. The normalized spacial score (nSPS) is 11.6. The molecule has 4 nitrogen and oxygen atoms in total. The van der Waals surface area contributed by atoms with E-state index in [-0.39, 0.29) is 0 Å². The van der Waals surface area contributed by atoms with E-state index in [1.807, 2.05) is 42.5 Å². The average Bonchev–Trinajstić information content (AvgIpc) is 2.77. The van der Waals surface area contributed by atoms with Crippen LogP contribution < -0.4 is 0 Å². The highest BCUT2D eigenvalue weighted by Gasteiger charge is 2.10. The summed E-state index contributed by atoms with van der Waals surface area (Å²) in [5.74, 6) is 0. The molecule has 0 atom stereocenters. The zero-order valence-corrected chi connectivity index (χ0v) is 9.96. The van der Waals surface area contributed by atoms with Crippen LogP contribution in [0.4, 0.5) is 0 Å². The van der Waals surface area contributed by atoms with Crippen molar-refractivity contribution in [3.05, 3.63) is 47.5 Å². The van der Waals surface area contributed by atoms with Gasteiger partial charge in [-0.25, -0.2) is 0 Å². The number of nitrogens with zero attached hydrogens (tertiary/aromatic N) is 4. The third-order valence-electron chi connectivity index (χ3n) is 3.01. The smallest absolute Gasteiger partial charge is 0.106 e. The number of fused-ring (bicyclic) bond motifs is 5. The van der Waals surface area contributed by atoms with Gasteiger partial charge in [-0.05, 0) is 29.5 Å². The Labute approximate surface area is 107 Å². The molecule has 4 aromatic rings. The van der Waals surface area contributed by atoms with E-state index in [0.717, 1.165) is 27.3 Å². The number of hydrogen-bond donors (Lipinski definition) is 0. The number of rotatable bonds is 0. The standard InChI is InChI=1S/C13H7ClN4/c14-8-5-6-11-10(7-8)13-9-3-1-2-4-12(9)16-18(13)17-15-11/h1-7H. The number of benzene rings is 2. The van der Waals surface area contributed by atoms with Crippen molar-refractivity contribution in [3.8, 4) is 0 Å². The van der Waals surface area contributed by atoms with E-state index in [2.05, 4.69) is 15.4 Å². The van der Waals surface area contributed by atoms with Crippen LogP contribution >= 0.6 is 11.6 Å². The van der Waals surface area contributed by atoms with Crippen molar-refractivity contribution in [3.63, 3.8) is 0 Å². The highest BCUT2D eigenvalue weighted by molar-refractivity contribution is 6.31. The predicted molar refractivity (Wildman–Crippen MR) is 70.8 cm³/mol. The van der Waals surface area contributed by atoms with Crippen LogP contribution in [0.3, 0.4) is 0 Å². The van der Waals surface area contributed by atoms with Crippen LogP contribution in [0.25, 0.3) is 27.3 Å². The first-order valence-corrected chi connectivity index (χ1v) is 5.90. The Morgan fingerprint density at radius 3 is 2.78 bits per heavy atom. The molecule has 2 heterocycles. The Morgan fingerprint density at radius 1 is 0.944 bits per heavy atom. The Hall–Kier alpha value is -2.20. The molecule has 86 valence electrons. The highest BCUT2D eigenvalue weighted by atomic mass is 35.5. The van der Waals surface area contributed by atoms with Crippen molar-refractivity contribution in [1.29, 1.82) is 0 Å². The first kappa shape index (κ1) is 9.79. The molecule has 0 N–H and O–H groups in total. The van der Waals surface area contributed by atoms with Crippen LogP contribution in [0.5, 0.6) is 0 Å². The summed E-state index contributed by atoms with van der Waals surface area (Å²) in [5.41, 5.74) is 2.66. The van der Waals surface area contributed by atoms with Gasteiger partial charge in [-0.1, -0.05) is 29.8 Å². The molecule has 0 aliphatic rings. The third-order valence-corrected chi connectivity index (χ3v) is 3.25. The fraction of sp³-hybridized carbons (Fsp3) is 0. The van der Waals surface area contributed by atoms with Gasteiger partial charge in [0.1, 0.15) is 5.52 Å². The second-order valence-electron chi connectivity index (χ2n) is 4.11. The van der Waals surface area contributed by atoms with Gasteiger partial charge in [-0.2, -0.15) is 0 Å². The molecule has 0 unspecified atom stereocenters. The molecule has 0 spiro atoms. The maximum Gasteiger partial charge on any atom is 0.106 e. The van der Waals surface area contributed by atoms with Crippen molar-refractivity contribution in [2.75, 3.05) is 0 Å². The molecule has 0 saturated carbocycles. The van der Waals surface area contributed by atoms with Crippen molar-refractivity contribution in [2.24, 2.45) is 0 Å². The Kier molecular flexibility index (Phi) is 1.85. The molecule has 18 heavy (non-hydrogen) atoms. The van der Waals surface area contributed by atoms with Crippen molar-refractivity contribution in [2.45, 2.75) is 0 Å². The lowest BCUT2D eigenvalue weighted by molar-refractivity contribution is 0.741. The highest BCUT2D eigenvalue weighted by Crippen LogP contribution is 2.26. The molecule has 0 amide bonds. The maximum atomic E-state index is 6.06. The lowest BCUT2D eigenvalue weighted by atomic mass is 10.1. The van der Waals surface area contributed by atoms with Crippen LogP contribution in [0.1, 0.15) is 0 Å². The molecule has 0 fully saturated rings. The van der Waals surface area contributed by atoms with Gasteiger partial charge >= 0.3 is 0 Å². The molecular formula is C13H7ClN4. The number of halogens is 1. The Bertz CT molecular complexity index is 897. The van der Waals surface area contributed by atoms with E-state index in [0.29, 0.717) is 5.02 Å². The predicted octanol–water partition coefficient (Wildman–Crippen LogP) is 3.08. The van der Waals surface area contributed by atoms with Crippen LogP contribution in [-0.4, -0.2) is 20.0 Å². The molecule has 0 radical (unpaired) electrons. The number of hydrogen-bond acceptors (Lipinski definition) is 3. The molecule has 0 aliphatic carbocycles. The molecule has 4 rings (SSSR count). The molecule has 0 saturated heterocycles. The maximum absolute atomic E-state index is 6.06. The lowest BCUT2D eigenvalue weighted by Gasteiger charge is -1.99. The van der Waals surface area contributed by atoms with E-state index in [1.54, 1.807) is 4.63 Å². The summed E-state index contributed by atoms with van der Waals surface area (Å²) in [6.45, 7) is 0. The Balaban J connectivity index is 2.35. The first-order chi connectivity index (χ1) is 8.83. The zero-order chi connectivity index (χ0) is 12.1. The van der Waals surface area contributed by atoms with Gasteiger partial charge in [0.2, 0.25) is 0 Å². The summed E-state index contributed by atoms with van der Waals surface area (Å²) in [4.78, 5) is 0. The van der Waals surface area contributed by atoms with Crippen LogP contribution in [0.15, 0.2) is 42.5 Å². The second kappa shape index (κ2) is 3.40. The largest absolute Gasteiger partial charge is 0.148 e. The molecule has 0 aliphatic heterocycles. The van der Waals surface area contributed by atoms with Crippen molar-refractivity contribution >= 4 is 38.9 Å².